The van der Waals surface area contributed by atoms with Crippen LogP contribution in [0.15, 0.2) is 24.3 Å². The van der Waals surface area contributed by atoms with Gasteiger partial charge in [-0.2, -0.15) is 0 Å². The Morgan fingerprint density at radius 1 is 1.44 bits per heavy atom. The molecule has 2 rings (SSSR count). The number of amides is 2. The zero-order valence-electron chi connectivity index (χ0n) is 10.5. The van der Waals surface area contributed by atoms with Gasteiger partial charge in [0.05, 0.1) is 5.75 Å². The van der Waals surface area contributed by atoms with Crippen LogP contribution < -0.4 is 5.32 Å². The minimum atomic E-state index is -0.136. The van der Waals surface area contributed by atoms with Crippen LogP contribution in [-0.2, 0) is 9.59 Å². The van der Waals surface area contributed by atoms with Crippen LogP contribution in [0, 0.1) is 6.92 Å². The van der Waals surface area contributed by atoms with Crippen molar-refractivity contribution < 1.29 is 9.59 Å². The number of aryl methyl sites for hydroxylation is 1. The molecule has 0 bridgehead atoms. The van der Waals surface area contributed by atoms with E-state index in [1.807, 2.05) is 31.2 Å². The van der Waals surface area contributed by atoms with Gasteiger partial charge in [-0.05, 0) is 12.5 Å². The van der Waals surface area contributed by atoms with Gasteiger partial charge in [0.25, 0.3) is 0 Å². The standard InChI is InChI=1S/C13H16N2O2S/c1-9-3-5-10(6-4-9)13-15(7-11(16)14-2)12(17)8-18-13/h3-6,13H,7-8H2,1-2H3,(H,14,16). The number of carbonyl (C=O) groups excluding carboxylic acids is 2. The van der Waals surface area contributed by atoms with Crippen molar-refractivity contribution in [1.82, 2.24) is 10.2 Å². The van der Waals surface area contributed by atoms with Crippen molar-refractivity contribution in [3.8, 4) is 0 Å². The van der Waals surface area contributed by atoms with Crippen LogP contribution in [0.3, 0.4) is 0 Å². The molecule has 0 radical (unpaired) electrons. The summed E-state index contributed by atoms with van der Waals surface area (Å²) in [5.41, 5.74) is 2.26. The van der Waals surface area contributed by atoms with Gasteiger partial charge >= 0.3 is 0 Å². The van der Waals surface area contributed by atoms with Crippen LogP contribution in [0.5, 0.6) is 0 Å². The molecule has 1 aromatic rings. The fourth-order valence-corrected chi connectivity index (χ4v) is 3.05. The maximum Gasteiger partial charge on any atom is 0.239 e. The fraction of sp³-hybridized carbons (Fsp3) is 0.385. The van der Waals surface area contributed by atoms with E-state index < -0.39 is 0 Å². The summed E-state index contributed by atoms with van der Waals surface area (Å²) in [7, 11) is 1.58. The Labute approximate surface area is 111 Å². The molecular formula is C13H16N2O2S. The summed E-state index contributed by atoms with van der Waals surface area (Å²) in [6.45, 7) is 2.15. The molecule has 1 fully saturated rings. The number of nitrogens with zero attached hydrogens (tertiary/aromatic N) is 1. The second-order valence-corrected chi connectivity index (χ2v) is 5.34. The molecule has 1 aliphatic rings. The summed E-state index contributed by atoms with van der Waals surface area (Å²) in [5.74, 6) is 0.326. The smallest absolute Gasteiger partial charge is 0.239 e. The normalized spacial score (nSPS) is 19.1. The van der Waals surface area contributed by atoms with Gasteiger partial charge in [-0.1, -0.05) is 29.8 Å². The lowest BCUT2D eigenvalue weighted by Gasteiger charge is -2.23. The van der Waals surface area contributed by atoms with E-state index in [2.05, 4.69) is 5.32 Å². The topological polar surface area (TPSA) is 49.4 Å². The Morgan fingerprint density at radius 3 is 2.72 bits per heavy atom. The molecule has 1 heterocycles. The first-order valence-electron chi connectivity index (χ1n) is 5.80. The van der Waals surface area contributed by atoms with E-state index in [0.29, 0.717) is 5.75 Å². The monoisotopic (exact) mass is 264 g/mol. The van der Waals surface area contributed by atoms with Crippen LogP contribution in [0.1, 0.15) is 16.5 Å². The molecule has 4 nitrogen and oxygen atoms in total. The van der Waals surface area contributed by atoms with Gasteiger partial charge in [-0.3, -0.25) is 9.59 Å². The Kier molecular flexibility index (Phi) is 3.91. The lowest BCUT2D eigenvalue weighted by Crippen LogP contribution is -2.37. The van der Waals surface area contributed by atoms with Gasteiger partial charge in [-0.15, -0.1) is 11.8 Å². The van der Waals surface area contributed by atoms with E-state index in [0.717, 1.165) is 5.56 Å². The Bertz CT molecular complexity index is 459. The quantitative estimate of drug-likeness (QED) is 0.895. The molecular weight excluding hydrogens is 248 g/mol. The maximum absolute atomic E-state index is 11.8. The molecule has 1 atom stereocenters. The summed E-state index contributed by atoms with van der Waals surface area (Å²) >= 11 is 1.57. The van der Waals surface area contributed by atoms with Crippen LogP contribution in [0.25, 0.3) is 0 Å². The first kappa shape index (κ1) is 13.0. The maximum atomic E-state index is 11.8. The predicted octanol–water partition coefficient (Wildman–Crippen LogP) is 1.32. The van der Waals surface area contributed by atoms with Gasteiger partial charge in [0.2, 0.25) is 11.8 Å². The Balaban J connectivity index is 2.18. The molecule has 0 saturated carbocycles. The first-order chi connectivity index (χ1) is 8.61. The summed E-state index contributed by atoms with van der Waals surface area (Å²) in [4.78, 5) is 24.9. The van der Waals surface area contributed by atoms with E-state index >= 15 is 0 Å². The second-order valence-electron chi connectivity index (χ2n) is 4.27. The van der Waals surface area contributed by atoms with Crippen molar-refractivity contribution in [2.75, 3.05) is 19.3 Å². The zero-order valence-corrected chi connectivity index (χ0v) is 11.3. The minimum Gasteiger partial charge on any atom is -0.358 e. The van der Waals surface area contributed by atoms with Crippen molar-refractivity contribution in [2.24, 2.45) is 0 Å². The number of hydrogen-bond donors (Lipinski definition) is 1. The molecule has 1 aromatic carbocycles. The van der Waals surface area contributed by atoms with Gasteiger partial charge in [0.15, 0.2) is 0 Å². The summed E-state index contributed by atoms with van der Waals surface area (Å²) in [6, 6.07) is 8.08. The number of likely N-dealkylation sites (N-methyl/N-ethyl adjacent to an activating group) is 1. The summed E-state index contributed by atoms with van der Waals surface area (Å²) in [5, 5.41) is 2.51. The average Bonchev–Trinajstić information content (AvgIpc) is 2.72. The average molecular weight is 264 g/mol. The molecule has 5 heteroatoms. The van der Waals surface area contributed by atoms with E-state index in [1.54, 1.807) is 23.7 Å². The molecule has 1 unspecified atom stereocenters. The van der Waals surface area contributed by atoms with Gasteiger partial charge in [0, 0.05) is 7.05 Å². The predicted molar refractivity (Wildman–Crippen MR) is 72.2 cm³/mol. The van der Waals surface area contributed by atoms with Crippen molar-refractivity contribution >= 4 is 23.6 Å². The van der Waals surface area contributed by atoms with Gasteiger partial charge in [-0.25, -0.2) is 0 Å². The molecule has 18 heavy (non-hydrogen) atoms. The zero-order chi connectivity index (χ0) is 13.1. The van der Waals surface area contributed by atoms with Crippen molar-refractivity contribution in [3.63, 3.8) is 0 Å². The van der Waals surface area contributed by atoms with Crippen LogP contribution in [0.2, 0.25) is 0 Å². The molecule has 96 valence electrons. The lowest BCUT2D eigenvalue weighted by molar-refractivity contribution is -0.133. The molecule has 1 saturated heterocycles. The van der Waals surface area contributed by atoms with E-state index in [-0.39, 0.29) is 23.7 Å². The number of thioether (sulfide) groups is 1. The molecule has 0 spiro atoms. The highest BCUT2D eigenvalue weighted by atomic mass is 32.2. The van der Waals surface area contributed by atoms with Crippen molar-refractivity contribution in [3.05, 3.63) is 35.4 Å². The molecule has 1 N–H and O–H groups in total. The van der Waals surface area contributed by atoms with E-state index in [1.165, 1.54) is 5.56 Å². The lowest BCUT2D eigenvalue weighted by atomic mass is 10.1. The molecule has 1 aliphatic heterocycles. The largest absolute Gasteiger partial charge is 0.358 e. The third kappa shape index (κ3) is 2.67. The summed E-state index contributed by atoms with van der Waals surface area (Å²) in [6.07, 6.45) is 0. The highest BCUT2D eigenvalue weighted by Gasteiger charge is 2.33. The summed E-state index contributed by atoms with van der Waals surface area (Å²) < 4.78 is 0. The van der Waals surface area contributed by atoms with Gasteiger partial charge < -0.3 is 10.2 Å². The highest BCUT2D eigenvalue weighted by Crippen LogP contribution is 2.38. The van der Waals surface area contributed by atoms with Crippen LogP contribution in [-0.4, -0.2) is 36.1 Å². The van der Waals surface area contributed by atoms with Crippen molar-refractivity contribution in [1.29, 1.82) is 0 Å². The third-order valence-electron chi connectivity index (χ3n) is 2.92. The molecule has 0 aliphatic carbocycles. The number of hydrogen-bond acceptors (Lipinski definition) is 3. The number of nitrogens with one attached hydrogen (secondary N) is 1. The molecule has 2 amide bonds. The van der Waals surface area contributed by atoms with E-state index in [4.69, 9.17) is 0 Å². The minimum absolute atomic E-state index is 0.0224. The Hall–Kier alpha value is -1.49. The first-order valence-corrected chi connectivity index (χ1v) is 6.85. The Morgan fingerprint density at radius 2 is 2.11 bits per heavy atom. The third-order valence-corrected chi connectivity index (χ3v) is 4.18. The van der Waals surface area contributed by atoms with Crippen LogP contribution >= 0.6 is 11.8 Å². The van der Waals surface area contributed by atoms with E-state index in [9.17, 15) is 9.59 Å². The SMILES string of the molecule is CNC(=O)CN1C(=O)CSC1c1ccc(C)cc1. The second kappa shape index (κ2) is 5.44. The molecule has 0 aromatic heterocycles. The number of carbonyl (C=O) groups is 2. The fourth-order valence-electron chi connectivity index (χ4n) is 1.87. The number of benzene rings is 1. The van der Waals surface area contributed by atoms with Crippen molar-refractivity contribution in [2.45, 2.75) is 12.3 Å². The van der Waals surface area contributed by atoms with Crippen LogP contribution in [0.4, 0.5) is 0 Å². The number of rotatable bonds is 3. The highest BCUT2D eigenvalue weighted by molar-refractivity contribution is 8.00. The van der Waals surface area contributed by atoms with Gasteiger partial charge in [0.1, 0.15) is 11.9 Å².